The van der Waals surface area contributed by atoms with Crippen molar-refractivity contribution >= 4 is 28.9 Å². The third-order valence-electron chi connectivity index (χ3n) is 5.09. The molecule has 1 amide bonds. The number of thiophene rings is 1. The Morgan fingerprint density at radius 3 is 2.84 bits per heavy atom. The Hall–Kier alpha value is -2.95. The quantitative estimate of drug-likeness (QED) is 0.562. The Bertz CT molecular complexity index is 1110. The van der Waals surface area contributed by atoms with Gasteiger partial charge in [0.05, 0.1) is 29.3 Å². The number of fused-ring (bicyclic) bond motifs is 1. The molecule has 4 heterocycles. The van der Waals surface area contributed by atoms with Crippen molar-refractivity contribution in [3.8, 4) is 10.6 Å². The second kappa shape index (κ2) is 8.29. The number of amides is 1. The van der Waals surface area contributed by atoms with E-state index in [1.165, 1.54) is 16.2 Å². The lowest BCUT2D eigenvalue weighted by atomic mass is 9.97. The molecule has 0 spiro atoms. The van der Waals surface area contributed by atoms with Crippen LogP contribution in [0.3, 0.4) is 0 Å². The number of esters is 1. The largest absolute Gasteiger partial charge is 0.466 e. The average Bonchev–Trinajstić information content (AvgIpc) is 3.42. The lowest BCUT2D eigenvalue weighted by Gasteiger charge is -2.31. The number of alkyl halides is 3. The number of carbonyl (C=O) groups excluding carboxylic acids is 2. The number of hydrogen-bond donors (Lipinski definition) is 0. The van der Waals surface area contributed by atoms with Gasteiger partial charge in [-0.05, 0) is 37.3 Å². The number of hydrogen-bond acceptors (Lipinski definition) is 6. The molecule has 1 unspecified atom stereocenters. The monoisotopic (exact) mass is 452 g/mol. The van der Waals surface area contributed by atoms with Crippen molar-refractivity contribution in [2.75, 3.05) is 19.7 Å². The van der Waals surface area contributed by atoms with Gasteiger partial charge in [0.2, 0.25) is 0 Å². The molecule has 4 rings (SSSR count). The summed E-state index contributed by atoms with van der Waals surface area (Å²) in [5, 5.41) is 5.54. The van der Waals surface area contributed by atoms with Crippen molar-refractivity contribution < 1.29 is 27.5 Å². The van der Waals surface area contributed by atoms with Crippen LogP contribution in [0.1, 0.15) is 35.8 Å². The molecular formula is C20H19F3N4O3S. The topological polar surface area (TPSA) is 76.8 Å². The molecule has 7 nitrogen and oxygen atoms in total. The van der Waals surface area contributed by atoms with Crippen LogP contribution in [0.5, 0.6) is 0 Å². The highest BCUT2D eigenvalue weighted by Crippen LogP contribution is 2.34. The molecular weight excluding hydrogens is 433 g/mol. The maximum absolute atomic E-state index is 13.7. The van der Waals surface area contributed by atoms with Gasteiger partial charge in [0.25, 0.3) is 5.91 Å². The van der Waals surface area contributed by atoms with Gasteiger partial charge in [0.1, 0.15) is 5.56 Å². The molecule has 11 heteroatoms. The van der Waals surface area contributed by atoms with Crippen molar-refractivity contribution in [1.82, 2.24) is 19.5 Å². The van der Waals surface area contributed by atoms with E-state index in [0.29, 0.717) is 28.8 Å². The number of carbonyl (C=O) groups is 2. The van der Waals surface area contributed by atoms with Crippen molar-refractivity contribution in [2.24, 2.45) is 5.92 Å². The summed E-state index contributed by atoms with van der Waals surface area (Å²) in [6, 6.07) is 4.30. The van der Waals surface area contributed by atoms with Crippen LogP contribution in [0.2, 0.25) is 0 Å². The van der Waals surface area contributed by atoms with Gasteiger partial charge in [-0.1, -0.05) is 6.07 Å². The standard InChI is InChI=1S/C20H19F3N4O3S/c1-2-30-19(29)12-5-3-7-26(11-12)18(28)13-10-24-27-16(20(21,22)23)9-14(25-17(13)27)15-6-4-8-31-15/h4,6,8-10,12H,2-3,5,7,11H2,1H3. The zero-order chi connectivity index (χ0) is 22.2. The summed E-state index contributed by atoms with van der Waals surface area (Å²) in [6.45, 7) is 2.49. The SMILES string of the molecule is CCOC(=O)C1CCCN(C(=O)c2cnn3c(C(F)(F)F)cc(-c4cccs4)nc23)C1. The first-order valence-electron chi connectivity index (χ1n) is 9.75. The molecule has 31 heavy (non-hydrogen) atoms. The summed E-state index contributed by atoms with van der Waals surface area (Å²) < 4.78 is 46.8. The van der Waals surface area contributed by atoms with Gasteiger partial charge in [-0.25, -0.2) is 9.50 Å². The van der Waals surface area contributed by atoms with Crippen molar-refractivity contribution in [2.45, 2.75) is 25.9 Å². The number of likely N-dealkylation sites (tertiary alicyclic amines) is 1. The van der Waals surface area contributed by atoms with E-state index in [0.717, 1.165) is 12.3 Å². The fourth-order valence-electron chi connectivity index (χ4n) is 3.65. The van der Waals surface area contributed by atoms with E-state index in [2.05, 4.69) is 10.1 Å². The van der Waals surface area contributed by atoms with Crippen molar-refractivity contribution in [3.05, 3.63) is 41.0 Å². The predicted molar refractivity (Wildman–Crippen MR) is 107 cm³/mol. The minimum Gasteiger partial charge on any atom is -0.466 e. The third-order valence-corrected chi connectivity index (χ3v) is 5.99. The van der Waals surface area contributed by atoms with E-state index in [9.17, 15) is 22.8 Å². The maximum Gasteiger partial charge on any atom is 0.433 e. The van der Waals surface area contributed by atoms with Gasteiger partial charge < -0.3 is 9.64 Å². The lowest BCUT2D eigenvalue weighted by Crippen LogP contribution is -2.42. The highest BCUT2D eigenvalue weighted by Gasteiger charge is 2.37. The van der Waals surface area contributed by atoms with Crippen LogP contribution in [0.15, 0.2) is 29.8 Å². The number of aromatic nitrogens is 3. The molecule has 1 aliphatic heterocycles. The van der Waals surface area contributed by atoms with Crippen LogP contribution < -0.4 is 0 Å². The molecule has 164 valence electrons. The lowest BCUT2D eigenvalue weighted by molar-refractivity contribution is -0.149. The maximum atomic E-state index is 13.7. The molecule has 0 saturated carbocycles. The summed E-state index contributed by atoms with van der Waals surface area (Å²) in [5.74, 6) is -1.34. The van der Waals surface area contributed by atoms with Crippen LogP contribution in [0.4, 0.5) is 13.2 Å². The summed E-state index contributed by atoms with van der Waals surface area (Å²) in [7, 11) is 0. The number of rotatable bonds is 4. The van der Waals surface area contributed by atoms with Gasteiger partial charge in [0.15, 0.2) is 11.3 Å². The van der Waals surface area contributed by atoms with E-state index in [-0.39, 0.29) is 36.0 Å². The molecule has 0 aromatic carbocycles. The summed E-state index contributed by atoms with van der Waals surface area (Å²) in [6.07, 6.45) is -2.39. The Labute approximate surface area is 179 Å². The van der Waals surface area contributed by atoms with E-state index < -0.39 is 23.7 Å². The molecule has 3 aromatic rings. The van der Waals surface area contributed by atoms with Gasteiger partial charge in [-0.15, -0.1) is 11.3 Å². The molecule has 3 aromatic heterocycles. The molecule has 0 radical (unpaired) electrons. The van der Waals surface area contributed by atoms with Gasteiger partial charge in [0, 0.05) is 13.1 Å². The average molecular weight is 452 g/mol. The summed E-state index contributed by atoms with van der Waals surface area (Å²) >= 11 is 1.25. The molecule has 0 N–H and O–H groups in total. The molecule has 1 fully saturated rings. The fourth-order valence-corrected chi connectivity index (χ4v) is 4.34. The summed E-state index contributed by atoms with van der Waals surface area (Å²) in [5.41, 5.74) is -1.09. The molecule has 1 atom stereocenters. The number of ether oxygens (including phenoxy) is 1. The Kier molecular flexibility index (Phi) is 5.69. The normalized spacial score (nSPS) is 17.2. The zero-order valence-electron chi connectivity index (χ0n) is 16.6. The zero-order valence-corrected chi connectivity index (χ0v) is 17.4. The second-order valence-corrected chi connectivity index (χ2v) is 8.09. The first kappa shape index (κ1) is 21.3. The highest BCUT2D eigenvalue weighted by molar-refractivity contribution is 7.13. The highest BCUT2D eigenvalue weighted by atomic mass is 32.1. The smallest absolute Gasteiger partial charge is 0.433 e. The van der Waals surface area contributed by atoms with Gasteiger partial charge in [-0.3, -0.25) is 9.59 Å². The first-order chi connectivity index (χ1) is 14.8. The molecule has 0 aliphatic carbocycles. The van der Waals surface area contributed by atoms with E-state index >= 15 is 0 Å². The second-order valence-electron chi connectivity index (χ2n) is 7.14. The fraction of sp³-hybridized carbons (Fsp3) is 0.400. The molecule has 0 bridgehead atoms. The van der Waals surface area contributed by atoms with Crippen LogP contribution in [0.25, 0.3) is 16.2 Å². The Balaban J connectivity index is 1.73. The van der Waals surface area contributed by atoms with Crippen LogP contribution in [-0.2, 0) is 15.7 Å². The predicted octanol–water partition coefficient (Wildman–Crippen LogP) is 3.89. The summed E-state index contributed by atoms with van der Waals surface area (Å²) in [4.78, 5) is 31.6. The number of nitrogens with zero attached hydrogens (tertiary/aromatic N) is 4. The molecule has 1 aliphatic rings. The minimum absolute atomic E-state index is 0.0339. The van der Waals surface area contributed by atoms with Crippen molar-refractivity contribution in [3.63, 3.8) is 0 Å². The van der Waals surface area contributed by atoms with Crippen LogP contribution >= 0.6 is 11.3 Å². The first-order valence-corrected chi connectivity index (χ1v) is 10.6. The third kappa shape index (κ3) is 4.14. The van der Waals surface area contributed by atoms with Crippen LogP contribution in [-0.4, -0.2) is 51.1 Å². The minimum atomic E-state index is -4.68. The van der Waals surface area contributed by atoms with E-state index in [4.69, 9.17) is 4.74 Å². The Morgan fingerprint density at radius 1 is 1.35 bits per heavy atom. The van der Waals surface area contributed by atoms with Gasteiger partial charge in [-0.2, -0.15) is 18.3 Å². The number of halogens is 3. The van der Waals surface area contributed by atoms with Crippen molar-refractivity contribution in [1.29, 1.82) is 0 Å². The van der Waals surface area contributed by atoms with E-state index in [1.54, 1.807) is 24.4 Å². The Morgan fingerprint density at radius 2 is 2.16 bits per heavy atom. The van der Waals surface area contributed by atoms with E-state index in [1.807, 2.05) is 0 Å². The van der Waals surface area contributed by atoms with Crippen LogP contribution in [0, 0.1) is 5.92 Å². The molecule has 1 saturated heterocycles. The number of piperidine rings is 1. The van der Waals surface area contributed by atoms with Gasteiger partial charge >= 0.3 is 12.1 Å².